The van der Waals surface area contributed by atoms with Crippen LogP contribution in [0.25, 0.3) is 0 Å². The van der Waals surface area contributed by atoms with E-state index in [1.54, 1.807) is 6.07 Å². The van der Waals surface area contributed by atoms with Gasteiger partial charge < -0.3 is 20.5 Å². The lowest BCUT2D eigenvalue weighted by molar-refractivity contribution is -0.122. The van der Waals surface area contributed by atoms with Crippen LogP contribution in [0.4, 0.5) is 11.4 Å². The molecular weight excluding hydrogens is 354 g/mol. The Bertz CT molecular complexity index is 958. The number of phenols is 1. The lowest BCUT2D eigenvalue weighted by Crippen LogP contribution is -2.41. The molecule has 6 nitrogen and oxygen atoms in total. The largest absolute Gasteiger partial charge is 0.508 e. The predicted molar refractivity (Wildman–Crippen MR) is 107 cm³/mol. The van der Waals surface area contributed by atoms with Gasteiger partial charge in [0.2, 0.25) is 0 Å². The Kier molecular flexibility index (Phi) is 4.82. The highest BCUT2D eigenvalue weighted by Crippen LogP contribution is 2.40. The number of aryl methyl sites for hydroxylation is 1. The number of carbonyl (C=O) groups excluding carboxylic acids is 1. The number of phenolic OH excluding ortho intramolecular Hbond substituents is 1. The van der Waals surface area contributed by atoms with Crippen LogP contribution in [0, 0.1) is 18.3 Å². The maximum Gasteiger partial charge on any atom is 0.267 e. The van der Waals surface area contributed by atoms with Gasteiger partial charge in [0.05, 0.1) is 23.5 Å². The fourth-order valence-electron chi connectivity index (χ4n) is 3.99. The molecule has 0 spiro atoms. The molecule has 28 heavy (non-hydrogen) atoms. The number of hydrogen-bond acceptors (Lipinski definition) is 5. The minimum atomic E-state index is -0.725. The van der Waals surface area contributed by atoms with E-state index in [0.717, 1.165) is 42.5 Å². The van der Waals surface area contributed by atoms with Crippen molar-refractivity contribution in [1.29, 1.82) is 5.26 Å². The van der Waals surface area contributed by atoms with Crippen LogP contribution >= 0.6 is 0 Å². The molecule has 2 aromatic carbocycles. The Morgan fingerprint density at radius 3 is 2.82 bits per heavy atom. The first kappa shape index (κ1) is 18.2. The molecule has 1 saturated carbocycles. The van der Waals surface area contributed by atoms with Crippen LogP contribution in [0.5, 0.6) is 11.5 Å². The summed E-state index contributed by atoms with van der Waals surface area (Å²) in [5.74, 6) is 0.683. The van der Waals surface area contributed by atoms with Gasteiger partial charge in [-0.25, -0.2) is 0 Å². The van der Waals surface area contributed by atoms with E-state index in [1.807, 2.05) is 25.1 Å². The molecule has 1 fully saturated rings. The number of nitrogens with one attached hydrogen (secondary N) is 2. The van der Waals surface area contributed by atoms with Crippen LogP contribution in [0.3, 0.4) is 0 Å². The highest BCUT2D eigenvalue weighted by Gasteiger charge is 2.27. The summed E-state index contributed by atoms with van der Waals surface area (Å²) in [7, 11) is 0. The highest BCUT2D eigenvalue weighted by molar-refractivity contribution is 5.96. The summed E-state index contributed by atoms with van der Waals surface area (Å²) >= 11 is 0. The topological polar surface area (TPSA) is 94.4 Å². The second-order valence-corrected chi connectivity index (χ2v) is 7.53. The van der Waals surface area contributed by atoms with E-state index in [-0.39, 0.29) is 17.6 Å². The van der Waals surface area contributed by atoms with Gasteiger partial charge in [-0.05, 0) is 55.0 Å². The summed E-state index contributed by atoms with van der Waals surface area (Å²) in [6.45, 7) is 2.29. The van der Waals surface area contributed by atoms with Crippen molar-refractivity contribution in [3.63, 3.8) is 0 Å². The van der Waals surface area contributed by atoms with Gasteiger partial charge in [-0.2, -0.15) is 5.26 Å². The molecule has 0 radical (unpaired) electrons. The molecule has 2 aliphatic rings. The molecule has 0 aromatic heterocycles. The maximum atomic E-state index is 12.7. The minimum Gasteiger partial charge on any atom is -0.508 e. The number of amides is 1. The molecule has 2 aromatic rings. The molecule has 6 heteroatoms. The molecule has 0 saturated heterocycles. The van der Waals surface area contributed by atoms with Crippen LogP contribution in [0.15, 0.2) is 30.3 Å². The lowest BCUT2D eigenvalue weighted by atomic mass is 9.94. The van der Waals surface area contributed by atoms with Gasteiger partial charge in [-0.3, -0.25) is 4.79 Å². The van der Waals surface area contributed by atoms with Gasteiger partial charge in [0.15, 0.2) is 6.10 Å². The maximum absolute atomic E-state index is 12.7. The molecule has 144 valence electrons. The van der Waals surface area contributed by atoms with E-state index in [9.17, 15) is 15.2 Å². The smallest absolute Gasteiger partial charge is 0.267 e. The van der Waals surface area contributed by atoms with Gasteiger partial charge >= 0.3 is 0 Å². The third kappa shape index (κ3) is 3.48. The minimum absolute atomic E-state index is 0.129. The number of nitrogens with zero attached hydrogens (tertiary/aromatic N) is 1. The molecule has 1 atom stereocenters. The second kappa shape index (κ2) is 7.43. The number of benzene rings is 2. The summed E-state index contributed by atoms with van der Waals surface area (Å²) in [6.07, 6.45) is 3.58. The number of ether oxygens (including phenoxy) is 1. The monoisotopic (exact) mass is 377 g/mol. The Labute approximate surface area is 164 Å². The number of aromatic hydroxyl groups is 1. The summed E-state index contributed by atoms with van der Waals surface area (Å²) in [6, 6.07) is 11.1. The van der Waals surface area contributed by atoms with Gasteiger partial charge in [0.25, 0.3) is 5.91 Å². The predicted octanol–water partition coefficient (Wildman–Crippen LogP) is 4.04. The standard InChI is InChI=1S/C22H23N3O3/c1-13-6-7-17-20(8-13)28-21(12-24-17)22(27)25-18-10-19(26)16(9-15(18)11-23)14-4-2-3-5-14/h6-10,14,21,24,26H,2-5,12H2,1H3,(H,25,27)/t21-/m1/s1. The molecule has 3 N–H and O–H groups in total. The van der Waals surface area contributed by atoms with Crippen molar-refractivity contribution >= 4 is 17.3 Å². The molecule has 1 amide bonds. The Balaban J connectivity index is 1.53. The summed E-state index contributed by atoms with van der Waals surface area (Å²) in [4.78, 5) is 12.7. The zero-order valence-corrected chi connectivity index (χ0v) is 15.8. The Morgan fingerprint density at radius 1 is 1.29 bits per heavy atom. The van der Waals surface area contributed by atoms with Gasteiger partial charge in [-0.1, -0.05) is 18.9 Å². The number of carbonyl (C=O) groups is 1. The third-order valence-electron chi connectivity index (χ3n) is 5.52. The first-order valence-electron chi connectivity index (χ1n) is 9.64. The van der Waals surface area contributed by atoms with Crippen molar-refractivity contribution in [2.45, 2.75) is 44.6 Å². The molecule has 1 heterocycles. The zero-order valence-electron chi connectivity index (χ0n) is 15.8. The van der Waals surface area contributed by atoms with Gasteiger partial charge in [-0.15, -0.1) is 0 Å². The number of nitriles is 1. The van der Waals surface area contributed by atoms with Crippen LogP contribution in [-0.4, -0.2) is 23.7 Å². The van der Waals surface area contributed by atoms with Crippen molar-refractivity contribution in [3.05, 3.63) is 47.0 Å². The molecule has 0 unspecified atom stereocenters. The third-order valence-corrected chi connectivity index (χ3v) is 5.52. The van der Waals surface area contributed by atoms with E-state index < -0.39 is 6.10 Å². The van der Waals surface area contributed by atoms with Crippen LogP contribution in [-0.2, 0) is 4.79 Å². The fourth-order valence-corrected chi connectivity index (χ4v) is 3.99. The molecule has 0 bridgehead atoms. The van der Waals surface area contributed by atoms with Crippen LogP contribution < -0.4 is 15.4 Å². The summed E-state index contributed by atoms with van der Waals surface area (Å²) in [5, 5.41) is 25.9. The van der Waals surface area contributed by atoms with Crippen molar-refractivity contribution in [1.82, 2.24) is 0 Å². The average molecular weight is 377 g/mol. The zero-order chi connectivity index (χ0) is 19.7. The number of rotatable bonds is 3. The van der Waals surface area contributed by atoms with Crippen LogP contribution in [0.2, 0.25) is 0 Å². The van der Waals surface area contributed by atoms with Gasteiger partial charge in [0, 0.05) is 6.07 Å². The number of anilines is 2. The Hall–Kier alpha value is -3.20. The van der Waals surface area contributed by atoms with Gasteiger partial charge in [0.1, 0.15) is 17.6 Å². The molecule has 4 rings (SSSR count). The second-order valence-electron chi connectivity index (χ2n) is 7.53. The Morgan fingerprint density at radius 2 is 2.07 bits per heavy atom. The average Bonchev–Trinajstić information content (AvgIpc) is 3.22. The van der Waals surface area contributed by atoms with E-state index in [0.29, 0.717) is 23.5 Å². The van der Waals surface area contributed by atoms with E-state index in [4.69, 9.17) is 4.74 Å². The number of fused-ring (bicyclic) bond motifs is 1. The highest BCUT2D eigenvalue weighted by atomic mass is 16.5. The van der Waals surface area contributed by atoms with Crippen molar-refractivity contribution in [3.8, 4) is 17.6 Å². The summed E-state index contributed by atoms with van der Waals surface area (Å²) in [5.41, 5.74) is 3.36. The van der Waals surface area contributed by atoms with Crippen molar-refractivity contribution < 1.29 is 14.6 Å². The van der Waals surface area contributed by atoms with Crippen molar-refractivity contribution in [2.75, 3.05) is 17.2 Å². The molecule has 1 aliphatic heterocycles. The van der Waals surface area contributed by atoms with Crippen molar-refractivity contribution in [2.24, 2.45) is 0 Å². The van der Waals surface area contributed by atoms with E-state index in [1.165, 1.54) is 6.07 Å². The van der Waals surface area contributed by atoms with E-state index in [2.05, 4.69) is 16.7 Å². The van der Waals surface area contributed by atoms with Crippen LogP contribution in [0.1, 0.15) is 48.3 Å². The molecular formula is C22H23N3O3. The first-order valence-corrected chi connectivity index (χ1v) is 9.64. The fraction of sp³-hybridized carbons (Fsp3) is 0.364. The van der Waals surface area contributed by atoms with E-state index >= 15 is 0 Å². The lowest BCUT2D eigenvalue weighted by Gasteiger charge is -2.27. The number of hydrogen-bond donors (Lipinski definition) is 3. The SMILES string of the molecule is Cc1ccc2c(c1)O[C@@H](C(=O)Nc1cc(O)c(C3CCCC3)cc1C#N)CN2. The quantitative estimate of drug-likeness (QED) is 0.750. The normalized spacial score (nSPS) is 18.5. The first-order chi connectivity index (χ1) is 13.5. The molecule has 1 aliphatic carbocycles. The summed E-state index contributed by atoms with van der Waals surface area (Å²) < 4.78 is 5.84.